The lowest BCUT2D eigenvalue weighted by Crippen LogP contribution is -2.39. The first-order chi connectivity index (χ1) is 11.2. The molecule has 0 N–H and O–H groups in total. The van der Waals surface area contributed by atoms with Crippen LogP contribution in [0.5, 0.6) is 0 Å². The summed E-state index contributed by atoms with van der Waals surface area (Å²) in [5.74, 6) is 0.558. The van der Waals surface area contributed by atoms with Crippen molar-refractivity contribution in [2.45, 2.75) is 32.2 Å². The molecule has 1 aliphatic heterocycles. The Labute approximate surface area is 135 Å². The molecule has 122 valence electrons. The second-order valence-electron chi connectivity index (χ2n) is 6.06. The van der Waals surface area contributed by atoms with Gasteiger partial charge in [-0.1, -0.05) is 12.1 Å². The SMILES string of the molecule is O=C(CCn1cncn1)N1CCC(Cc2ccc(F)cc2)CC1. The fraction of sp³-hybridized carbons (Fsp3) is 0.471. The van der Waals surface area contributed by atoms with E-state index in [-0.39, 0.29) is 11.7 Å². The minimum absolute atomic E-state index is 0.181. The number of likely N-dealkylation sites (tertiary alicyclic amines) is 1. The summed E-state index contributed by atoms with van der Waals surface area (Å²) in [6.45, 7) is 2.19. The van der Waals surface area contributed by atoms with Crippen LogP contribution in [0.15, 0.2) is 36.9 Å². The summed E-state index contributed by atoms with van der Waals surface area (Å²) in [5, 5.41) is 4.01. The highest BCUT2D eigenvalue weighted by molar-refractivity contribution is 5.76. The Kier molecular flexibility index (Phi) is 5.00. The zero-order chi connectivity index (χ0) is 16.1. The van der Waals surface area contributed by atoms with Gasteiger partial charge in [-0.3, -0.25) is 9.48 Å². The quantitative estimate of drug-likeness (QED) is 0.850. The summed E-state index contributed by atoms with van der Waals surface area (Å²) in [6.07, 6.45) is 6.54. The monoisotopic (exact) mass is 316 g/mol. The highest BCUT2D eigenvalue weighted by Crippen LogP contribution is 2.22. The van der Waals surface area contributed by atoms with Crippen LogP contribution in [0.1, 0.15) is 24.8 Å². The number of carbonyl (C=O) groups is 1. The van der Waals surface area contributed by atoms with Crippen LogP contribution >= 0.6 is 0 Å². The number of hydrogen-bond acceptors (Lipinski definition) is 3. The fourth-order valence-corrected chi connectivity index (χ4v) is 3.06. The van der Waals surface area contributed by atoms with E-state index in [0.29, 0.717) is 18.9 Å². The normalized spacial score (nSPS) is 15.8. The Morgan fingerprint density at radius 3 is 2.61 bits per heavy atom. The molecule has 2 heterocycles. The molecule has 1 aliphatic rings. The Morgan fingerprint density at radius 2 is 1.96 bits per heavy atom. The average Bonchev–Trinajstić information content (AvgIpc) is 3.09. The van der Waals surface area contributed by atoms with Gasteiger partial charge in [-0.2, -0.15) is 5.10 Å². The van der Waals surface area contributed by atoms with E-state index in [0.717, 1.165) is 32.4 Å². The van der Waals surface area contributed by atoms with Crippen molar-refractivity contribution in [3.8, 4) is 0 Å². The van der Waals surface area contributed by atoms with Crippen molar-refractivity contribution >= 4 is 5.91 Å². The van der Waals surface area contributed by atoms with Crippen molar-refractivity contribution < 1.29 is 9.18 Å². The van der Waals surface area contributed by atoms with Crippen LogP contribution in [0.2, 0.25) is 0 Å². The van der Waals surface area contributed by atoms with E-state index in [1.54, 1.807) is 11.0 Å². The lowest BCUT2D eigenvalue weighted by Gasteiger charge is -2.32. The summed E-state index contributed by atoms with van der Waals surface area (Å²) < 4.78 is 14.6. The van der Waals surface area contributed by atoms with E-state index < -0.39 is 0 Å². The van der Waals surface area contributed by atoms with Gasteiger partial charge in [0, 0.05) is 19.5 Å². The molecule has 1 saturated heterocycles. The van der Waals surface area contributed by atoms with Gasteiger partial charge in [-0.05, 0) is 42.9 Å². The highest BCUT2D eigenvalue weighted by atomic mass is 19.1. The lowest BCUT2D eigenvalue weighted by molar-refractivity contribution is -0.132. The molecule has 2 aromatic rings. The largest absolute Gasteiger partial charge is 0.343 e. The van der Waals surface area contributed by atoms with E-state index in [4.69, 9.17) is 0 Å². The van der Waals surface area contributed by atoms with Crippen LogP contribution in [0, 0.1) is 11.7 Å². The summed E-state index contributed by atoms with van der Waals surface area (Å²) in [4.78, 5) is 18.0. The van der Waals surface area contributed by atoms with Crippen LogP contribution < -0.4 is 0 Å². The predicted molar refractivity (Wildman–Crippen MR) is 84.0 cm³/mol. The van der Waals surface area contributed by atoms with Gasteiger partial charge in [0.1, 0.15) is 18.5 Å². The zero-order valence-corrected chi connectivity index (χ0v) is 13.1. The molecule has 0 bridgehead atoms. The number of rotatable bonds is 5. The first-order valence-electron chi connectivity index (χ1n) is 8.05. The van der Waals surface area contributed by atoms with Crippen LogP contribution in [-0.2, 0) is 17.8 Å². The minimum atomic E-state index is -0.193. The van der Waals surface area contributed by atoms with Gasteiger partial charge >= 0.3 is 0 Å². The summed E-state index contributed by atoms with van der Waals surface area (Å²) in [7, 11) is 0. The summed E-state index contributed by atoms with van der Waals surface area (Å²) in [6, 6.07) is 6.73. The number of benzene rings is 1. The van der Waals surface area contributed by atoms with Crippen LogP contribution in [0.3, 0.4) is 0 Å². The summed E-state index contributed by atoms with van der Waals surface area (Å²) >= 11 is 0. The number of aromatic nitrogens is 3. The third-order valence-corrected chi connectivity index (χ3v) is 4.43. The third-order valence-electron chi connectivity index (χ3n) is 4.43. The van der Waals surface area contributed by atoms with Crippen molar-refractivity contribution in [1.82, 2.24) is 19.7 Å². The molecular formula is C17H21FN4O. The van der Waals surface area contributed by atoms with Gasteiger partial charge in [0.15, 0.2) is 0 Å². The number of carbonyl (C=O) groups excluding carboxylic acids is 1. The molecule has 1 amide bonds. The topological polar surface area (TPSA) is 51.0 Å². The molecule has 0 saturated carbocycles. The maximum absolute atomic E-state index is 12.9. The molecule has 1 aromatic carbocycles. The zero-order valence-electron chi connectivity index (χ0n) is 13.1. The van der Waals surface area contributed by atoms with E-state index >= 15 is 0 Å². The van der Waals surface area contributed by atoms with Gasteiger partial charge in [-0.25, -0.2) is 9.37 Å². The molecule has 0 spiro atoms. The van der Waals surface area contributed by atoms with Crippen LogP contribution in [0.4, 0.5) is 4.39 Å². The third kappa shape index (κ3) is 4.37. The maximum atomic E-state index is 12.9. The highest BCUT2D eigenvalue weighted by Gasteiger charge is 2.22. The molecule has 0 radical (unpaired) electrons. The molecule has 23 heavy (non-hydrogen) atoms. The van der Waals surface area contributed by atoms with Crippen LogP contribution in [0.25, 0.3) is 0 Å². The first kappa shape index (κ1) is 15.6. The standard InChI is InChI=1S/C17H21FN4O/c18-16-3-1-14(2-4-16)11-15-5-8-21(9-6-15)17(23)7-10-22-13-19-12-20-22/h1-4,12-13,15H,5-11H2. The Hall–Kier alpha value is -2.24. The van der Waals surface area contributed by atoms with Gasteiger partial charge in [0.05, 0.1) is 6.54 Å². The second-order valence-corrected chi connectivity index (χ2v) is 6.06. The van der Waals surface area contributed by atoms with Gasteiger partial charge < -0.3 is 4.90 Å². The van der Waals surface area contributed by atoms with E-state index in [9.17, 15) is 9.18 Å². The van der Waals surface area contributed by atoms with Crippen molar-refractivity contribution in [2.24, 2.45) is 5.92 Å². The number of aryl methyl sites for hydroxylation is 1. The Bertz CT molecular complexity index is 619. The Balaban J connectivity index is 1.42. The van der Waals surface area contributed by atoms with E-state index in [1.165, 1.54) is 24.0 Å². The molecule has 1 fully saturated rings. The average molecular weight is 316 g/mol. The molecule has 0 atom stereocenters. The van der Waals surface area contributed by atoms with Crippen molar-refractivity contribution in [2.75, 3.05) is 13.1 Å². The van der Waals surface area contributed by atoms with Gasteiger partial charge in [0.25, 0.3) is 0 Å². The summed E-state index contributed by atoms with van der Waals surface area (Å²) in [5.41, 5.74) is 1.17. The van der Waals surface area contributed by atoms with Gasteiger partial charge in [0.2, 0.25) is 5.91 Å². The first-order valence-corrected chi connectivity index (χ1v) is 8.05. The molecular weight excluding hydrogens is 295 g/mol. The number of halogens is 1. The maximum Gasteiger partial charge on any atom is 0.224 e. The molecule has 0 aliphatic carbocycles. The molecule has 1 aromatic heterocycles. The Morgan fingerprint density at radius 1 is 1.22 bits per heavy atom. The van der Waals surface area contributed by atoms with Crippen LogP contribution in [-0.4, -0.2) is 38.7 Å². The minimum Gasteiger partial charge on any atom is -0.343 e. The van der Waals surface area contributed by atoms with Crippen molar-refractivity contribution in [3.63, 3.8) is 0 Å². The molecule has 6 heteroatoms. The molecule has 0 unspecified atom stereocenters. The molecule has 3 rings (SSSR count). The second kappa shape index (κ2) is 7.35. The number of hydrogen-bond donors (Lipinski definition) is 0. The molecule has 5 nitrogen and oxygen atoms in total. The number of piperidine rings is 1. The number of nitrogens with zero attached hydrogens (tertiary/aromatic N) is 4. The van der Waals surface area contributed by atoms with E-state index in [1.807, 2.05) is 17.0 Å². The lowest BCUT2D eigenvalue weighted by atomic mass is 9.90. The van der Waals surface area contributed by atoms with E-state index in [2.05, 4.69) is 10.1 Å². The van der Waals surface area contributed by atoms with Crippen molar-refractivity contribution in [3.05, 3.63) is 48.3 Å². The fourth-order valence-electron chi connectivity index (χ4n) is 3.06. The predicted octanol–water partition coefficient (Wildman–Crippen LogP) is 2.29. The number of amides is 1. The van der Waals surface area contributed by atoms with Gasteiger partial charge in [-0.15, -0.1) is 0 Å². The smallest absolute Gasteiger partial charge is 0.224 e. The van der Waals surface area contributed by atoms with Crippen molar-refractivity contribution in [1.29, 1.82) is 0 Å².